The molecular formula is C33H44N2O6. The zero-order valence-electron chi connectivity index (χ0n) is 24.9. The third kappa shape index (κ3) is 5.25. The molecule has 1 N–H and O–H groups in total. The molecule has 8 heteroatoms. The van der Waals surface area contributed by atoms with Crippen molar-refractivity contribution in [1.29, 1.82) is 0 Å². The highest BCUT2D eigenvalue weighted by Gasteiger charge is 2.73. The van der Waals surface area contributed by atoms with Crippen LogP contribution in [-0.2, 0) is 23.9 Å². The second-order valence-electron chi connectivity index (χ2n) is 13.7. The molecule has 2 saturated heterocycles. The first kappa shape index (κ1) is 29.5. The quantitative estimate of drug-likeness (QED) is 0.426. The Balaban J connectivity index is 1.66. The molecular weight excluding hydrogens is 520 g/mol. The van der Waals surface area contributed by atoms with Gasteiger partial charge in [0.15, 0.2) is 0 Å². The zero-order chi connectivity index (χ0) is 29.6. The van der Waals surface area contributed by atoms with E-state index in [0.717, 1.165) is 25.7 Å². The van der Waals surface area contributed by atoms with E-state index in [9.17, 15) is 19.5 Å². The first-order chi connectivity index (χ1) is 19.4. The fourth-order valence-corrected chi connectivity index (χ4v) is 7.66. The molecule has 2 amide bonds. The first-order valence-electron chi connectivity index (χ1n) is 14.9. The van der Waals surface area contributed by atoms with Crippen LogP contribution in [0.3, 0.4) is 0 Å². The Bertz CT molecular complexity index is 1220. The molecule has 1 aromatic rings. The lowest BCUT2D eigenvalue weighted by Crippen LogP contribution is -2.60. The molecule has 5 rings (SSSR count). The highest BCUT2D eigenvalue weighted by molar-refractivity contribution is 5.99. The Labute approximate surface area is 243 Å². The normalized spacial score (nSPS) is 32.1. The smallest absolute Gasteiger partial charge is 0.312 e. The summed E-state index contributed by atoms with van der Waals surface area (Å²) in [5, 5.41) is 10.7. The van der Waals surface area contributed by atoms with Crippen molar-refractivity contribution in [2.75, 3.05) is 19.8 Å². The zero-order valence-corrected chi connectivity index (χ0v) is 24.9. The summed E-state index contributed by atoms with van der Waals surface area (Å²) in [5.74, 6) is -2.95. The van der Waals surface area contributed by atoms with Crippen molar-refractivity contribution in [3.63, 3.8) is 0 Å². The van der Waals surface area contributed by atoms with E-state index >= 15 is 0 Å². The molecule has 6 atom stereocenters. The van der Waals surface area contributed by atoms with Crippen molar-refractivity contribution in [1.82, 2.24) is 9.80 Å². The van der Waals surface area contributed by atoms with Crippen LogP contribution in [0.1, 0.15) is 71.9 Å². The summed E-state index contributed by atoms with van der Waals surface area (Å²) in [4.78, 5) is 46.4. The van der Waals surface area contributed by atoms with Crippen LogP contribution in [0.15, 0.2) is 54.6 Å². The van der Waals surface area contributed by atoms with Crippen LogP contribution < -0.4 is 0 Å². The van der Waals surface area contributed by atoms with Gasteiger partial charge in [-0.25, -0.2) is 0 Å². The Morgan fingerprint density at radius 3 is 2.44 bits per heavy atom. The van der Waals surface area contributed by atoms with Crippen LogP contribution >= 0.6 is 0 Å². The highest BCUT2D eigenvalue weighted by Crippen LogP contribution is 2.55. The fourth-order valence-electron chi connectivity index (χ4n) is 7.66. The highest BCUT2D eigenvalue weighted by atomic mass is 16.6. The minimum Gasteiger partial charge on any atom is -0.465 e. The van der Waals surface area contributed by atoms with Gasteiger partial charge in [-0.05, 0) is 50.5 Å². The van der Waals surface area contributed by atoms with Crippen molar-refractivity contribution >= 4 is 17.8 Å². The number of cyclic esters (lactones) is 1. The predicted octanol–water partition coefficient (Wildman–Crippen LogP) is 4.20. The van der Waals surface area contributed by atoms with Gasteiger partial charge in [0, 0.05) is 12.1 Å². The van der Waals surface area contributed by atoms with Gasteiger partial charge in [0.2, 0.25) is 11.8 Å². The number of hydrogen-bond donors (Lipinski definition) is 1. The van der Waals surface area contributed by atoms with Crippen molar-refractivity contribution in [3.05, 3.63) is 60.2 Å². The molecule has 2 fully saturated rings. The number of amides is 2. The summed E-state index contributed by atoms with van der Waals surface area (Å²) >= 11 is 0. The molecule has 0 aromatic heterocycles. The summed E-state index contributed by atoms with van der Waals surface area (Å²) in [5.41, 5.74) is -1.25. The second kappa shape index (κ2) is 11.0. The average Bonchev–Trinajstić information content (AvgIpc) is 3.28. The van der Waals surface area contributed by atoms with E-state index in [-0.39, 0.29) is 30.4 Å². The largest absolute Gasteiger partial charge is 0.465 e. The molecule has 4 aliphatic heterocycles. The predicted molar refractivity (Wildman–Crippen MR) is 154 cm³/mol. The van der Waals surface area contributed by atoms with Crippen LogP contribution in [0.25, 0.3) is 0 Å². The van der Waals surface area contributed by atoms with Crippen LogP contribution in [0.4, 0.5) is 0 Å². The summed E-state index contributed by atoms with van der Waals surface area (Å²) in [6, 6.07) is 7.40. The Kier molecular flexibility index (Phi) is 7.94. The number of carbonyl (C=O) groups excluding carboxylic acids is 3. The fraction of sp³-hybridized carbons (Fsp3) is 0.606. The minimum atomic E-state index is -1.38. The maximum atomic E-state index is 14.8. The molecule has 1 aromatic carbocycles. The van der Waals surface area contributed by atoms with Gasteiger partial charge in [-0.2, -0.15) is 0 Å². The summed E-state index contributed by atoms with van der Waals surface area (Å²) < 4.78 is 12.4. The first-order valence-corrected chi connectivity index (χ1v) is 14.9. The van der Waals surface area contributed by atoms with E-state index in [0.29, 0.717) is 12.1 Å². The van der Waals surface area contributed by atoms with E-state index < -0.39 is 47.1 Å². The molecule has 1 spiro atoms. The number of ether oxygens (including phenoxy) is 2. The Morgan fingerprint density at radius 2 is 1.76 bits per heavy atom. The maximum absolute atomic E-state index is 14.8. The monoisotopic (exact) mass is 564 g/mol. The van der Waals surface area contributed by atoms with Crippen molar-refractivity contribution in [2.24, 2.45) is 17.3 Å². The van der Waals surface area contributed by atoms with Gasteiger partial charge in [0.05, 0.1) is 31.3 Å². The third-order valence-corrected chi connectivity index (χ3v) is 8.93. The standard InChI is InChI=1S/C33H44N2O6/c1-31(2,3)21-32(4,5)34-18-13-17-33-26(25-24(41-33)16-11-6-7-12-19-40-30(25)39)28(37)35(27(33)29(34)38)23(20-36)22-14-9-8-10-15-22/h8-11,13-17,23-27,36H,6-7,12,18-21H2,1-5H3/b16-11-/t23-,24+,25-,26+,27?,33+/m1/s1. The van der Waals surface area contributed by atoms with Gasteiger partial charge in [0.1, 0.15) is 17.6 Å². The molecule has 0 saturated carbocycles. The lowest BCUT2D eigenvalue weighted by atomic mass is 9.77. The van der Waals surface area contributed by atoms with Gasteiger partial charge >= 0.3 is 5.97 Å². The van der Waals surface area contributed by atoms with Gasteiger partial charge in [-0.1, -0.05) is 75.4 Å². The molecule has 4 heterocycles. The minimum absolute atomic E-state index is 0.0518. The number of esters is 1. The van der Waals surface area contributed by atoms with E-state index in [1.165, 1.54) is 4.90 Å². The third-order valence-electron chi connectivity index (χ3n) is 8.93. The molecule has 4 aliphatic rings. The number of rotatable bonds is 5. The lowest BCUT2D eigenvalue weighted by molar-refractivity contribution is -0.158. The second-order valence-corrected chi connectivity index (χ2v) is 13.7. The van der Waals surface area contributed by atoms with E-state index in [4.69, 9.17) is 9.47 Å². The molecule has 0 radical (unpaired) electrons. The number of carbonyl (C=O) groups is 3. The number of aliphatic hydroxyl groups excluding tert-OH is 1. The van der Waals surface area contributed by atoms with Crippen molar-refractivity contribution in [2.45, 2.75) is 89.6 Å². The number of benzene rings is 1. The molecule has 0 bridgehead atoms. The van der Waals surface area contributed by atoms with Crippen molar-refractivity contribution in [3.8, 4) is 0 Å². The SMILES string of the molecule is CC(C)(C)CC(C)(C)N1CC=C[C@]23O[C@H]4/C=C\CCCCOC(=O)[C@H]4[C@H]2C(=O)N([C@H](CO)c2ccccc2)C3C1=O. The van der Waals surface area contributed by atoms with Crippen LogP contribution in [-0.4, -0.2) is 75.7 Å². The van der Waals surface area contributed by atoms with Crippen LogP contribution in [0, 0.1) is 17.3 Å². The topological polar surface area (TPSA) is 96.4 Å². The number of allylic oxidation sites excluding steroid dienone is 1. The van der Waals surface area contributed by atoms with E-state index in [1.54, 1.807) is 0 Å². The molecule has 222 valence electrons. The summed E-state index contributed by atoms with van der Waals surface area (Å²) in [6.07, 6.45) is 10.1. The number of hydrogen-bond acceptors (Lipinski definition) is 6. The van der Waals surface area contributed by atoms with Crippen LogP contribution in [0.2, 0.25) is 0 Å². The summed E-state index contributed by atoms with van der Waals surface area (Å²) in [7, 11) is 0. The van der Waals surface area contributed by atoms with Crippen LogP contribution in [0.5, 0.6) is 0 Å². The lowest BCUT2D eigenvalue weighted by Gasteiger charge is -2.45. The van der Waals surface area contributed by atoms with Gasteiger partial charge in [-0.3, -0.25) is 14.4 Å². The van der Waals surface area contributed by atoms with E-state index in [2.05, 4.69) is 34.6 Å². The average molecular weight is 565 g/mol. The Hall–Kier alpha value is -2.97. The number of likely N-dealkylation sites (tertiary alicyclic amines) is 1. The molecule has 8 nitrogen and oxygen atoms in total. The number of aliphatic hydroxyl groups is 1. The molecule has 0 aliphatic carbocycles. The molecule has 41 heavy (non-hydrogen) atoms. The number of fused-ring (bicyclic) bond motifs is 2. The van der Waals surface area contributed by atoms with Gasteiger partial charge in [0.25, 0.3) is 0 Å². The van der Waals surface area contributed by atoms with Gasteiger partial charge in [-0.15, -0.1) is 0 Å². The van der Waals surface area contributed by atoms with Crippen molar-refractivity contribution < 1.29 is 29.0 Å². The van der Waals surface area contributed by atoms with E-state index in [1.807, 2.05) is 59.5 Å². The van der Waals surface area contributed by atoms with Gasteiger partial charge < -0.3 is 24.4 Å². The summed E-state index contributed by atoms with van der Waals surface area (Å²) in [6.45, 7) is 10.8. The maximum Gasteiger partial charge on any atom is 0.312 e. The number of nitrogens with zero attached hydrogens (tertiary/aromatic N) is 2. The Morgan fingerprint density at radius 1 is 1.02 bits per heavy atom. The molecule has 1 unspecified atom stereocenters.